The zero-order valence-corrected chi connectivity index (χ0v) is 24.4. The van der Waals surface area contributed by atoms with Crippen molar-refractivity contribution in [2.45, 2.75) is 77.3 Å². The van der Waals surface area contributed by atoms with E-state index >= 15 is 0 Å². The smallest absolute Gasteiger partial charge is 0.294 e. The molecule has 0 atom stereocenters. The van der Waals surface area contributed by atoms with Crippen LogP contribution < -0.4 is 10.2 Å². The van der Waals surface area contributed by atoms with Gasteiger partial charge < -0.3 is 29.7 Å². The second-order valence-electron chi connectivity index (χ2n) is 12.1. The maximum absolute atomic E-state index is 13.5. The van der Waals surface area contributed by atoms with E-state index in [4.69, 9.17) is 4.42 Å². The number of hydrogen-bond donors (Lipinski definition) is 3. The molecular formula is C34H45N3O4. The van der Waals surface area contributed by atoms with E-state index in [2.05, 4.69) is 29.3 Å². The average molecular weight is 560 g/mol. The molecule has 7 heteroatoms. The van der Waals surface area contributed by atoms with E-state index < -0.39 is 0 Å². The molecule has 0 bridgehead atoms. The molecular weight excluding hydrogens is 514 g/mol. The largest absolute Gasteiger partial charge is 0.508 e. The molecule has 2 heterocycles. The molecule has 2 aromatic carbocycles. The molecule has 0 unspecified atom stereocenters. The second-order valence-corrected chi connectivity index (χ2v) is 12.1. The standard InChI is InChI=1S/C34H45N3O4/c1-26-7-10-28(11-8-26)37(33(40)32-6-5-23-41-32)29-13-20-36(21-14-29)22-18-34(15-3-2-4-16-34)17-19-35-25-27-9-12-30(38)24-31(27)39/h5-12,23-24,29,35,38-39H,2-4,13-22,25H2,1H3. The van der Waals surface area contributed by atoms with Gasteiger partial charge in [0.15, 0.2) is 5.76 Å². The summed E-state index contributed by atoms with van der Waals surface area (Å²) in [6.45, 7) is 6.67. The summed E-state index contributed by atoms with van der Waals surface area (Å²) in [7, 11) is 0. The molecule has 5 rings (SSSR count). The Kier molecular flexibility index (Phi) is 9.68. The van der Waals surface area contributed by atoms with Gasteiger partial charge in [-0.25, -0.2) is 0 Å². The van der Waals surface area contributed by atoms with E-state index in [1.807, 2.05) is 17.0 Å². The number of nitrogens with zero attached hydrogens (tertiary/aromatic N) is 2. The lowest BCUT2D eigenvalue weighted by atomic mass is 9.69. The molecule has 7 nitrogen and oxygen atoms in total. The minimum Gasteiger partial charge on any atom is -0.508 e. The Hall–Kier alpha value is -3.29. The Morgan fingerprint density at radius 2 is 1.78 bits per heavy atom. The molecule has 1 saturated carbocycles. The van der Waals surface area contributed by atoms with E-state index in [0.717, 1.165) is 56.7 Å². The van der Waals surface area contributed by atoms with Gasteiger partial charge in [-0.2, -0.15) is 0 Å². The summed E-state index contributed by atoms with van der Waals surface area (Å²) in [4.78, 5) is 18.0. The van der Waals surface area contributed by atoms with E-state index in [-0.39, 0.29) is 23.4 Å². The number of piperidine rings is 1. The summed E-state index contributed by atoms with van der Waals surface area (Å²) < 4.78 is 5.50. The fourth-order valence-electron chi connectivity index (χ4n) is 6.72. The Balaban J connectivity index is 1.15. The van der Waals surface area contributed by atoms with Crippen LogP contribution in [0.5, 0.6) is 11.5 Å². The summed E-state index contributed by atoms with van der Waals surface area (Å²) >= 11 is 0. The maximum atomic E-state index is 13.5. The van der Waals surface area contributed by atoms with Crippen molar-refractivity contribution < 1.29 is 19.4 Å². The zero-order valence-electron chi connectivity index (χ0n) is 24.4. The Morgan fingerprint density at radius 1 is 1.02 bits per heavy atom. The number of phenols is 2. The molecule has 3 N–H and O–H groups in total. The van der Waals surface area contributed by atoms with Crippen LogP contribution in [-0.2, 0) is 6.54 Å². The first-order valence-electron chi connectivity index (χ1n) is 15.3. The fourth-order valence-corrected chi connectivity index (χ4v) is 6.72. The summed E-state index contributed by atoms with van der Waals surface area (Å²) in [5.74, 6) is 0.552. The number of furan rings is 1. The molecule has 41 heavy (non-hydrogen) atoms. The number of likely N-dealkylation sites (tertiary alicyclic amines) is 1. The molecule has 3 aromatic rings. The van der Waals surface area contributed by atoms with Crippen LogP contribution in [0.15, 0.2) is 65.3 Å². The van der Waals surface area contributed by atoms with Gasteiger partial charge in [-0.05, 0) is 94.3 Å². The lowest BCUT2D eigenvalue weighted by Gasteiger charge is -2.42. The van der Waals surface area contributed by atoms with Gasteiger partial charge in [-0.15, -0.1) is 0 Å². The Labute approximate surface area is 244 Å². The van der Waals surface area contributed by atoms with Crippen LogP contribution in [-0.4, -0.2) is 53.2 Å². The van der Waals surface area contributed by atoms with Crippen LogP contribution in [0.1, 0.15) is 79.5 Å². The highest BCUT2D eigenvalue weighted by Gasteiger charge is 2.34. The van der Waals surface area contributed by atoms with Crippen molar-refractivity contribution in [1.82, 2.24) is 10.2 Å². The average Bonchev–Trinajstić information content (AvgIpc) is 3.53. The molecule has 2 aliphatic rings. The fraction of sp³-hybridized carbons (Fsp3) is 0.500. The predicted molar refractivity (Wildman–Crippen MR) is 162 cm³/mol. The van der Waals surface area contributed by atoms with E-state index in [0.29, 0.717) is 17.7 Å². The van der Waals surface area contributed by atoms with Gasteiger partial charge in [0.2, 0.25) is 0 Å². The summed E-state index contributed by atoms with van der Waals surface area (Å²) in [6.07, 6.45) is 12.3. The number of amides is 1. The Bertz CT molecular complexity index is 1240. The van der Waals surface area contributed by atoms with Gasteiger partial charge in [0.1, 0.15) is 11.5 Å². The number of rotatable bonds is 11. The van der Waals surface area contributed by atoms with Crippen molar-refractivity contribution >= 4 is 11.6 Å². The highest BCUT2D eigenvalue weighted by atomic mass is 16.3. The van der Waals surface area contributed by atoms with Crippen molar-refractivity contribution in [3.05, 3.63) is 77.7 Å². The Morgan fingerprint density at radius 3 is 2.46 bits per heavy atom. The van der Waals surface area contributed by atoms with Crippen molar-refractivity contribution in [3.63, 3.8) is 0 Å². The third kappa shape index (κ3) is 7.52. The molecule has 2 fully saturated rings. The van der Waals surface area contributed by atoms with Crippen molar-refractivity contribution in [2.24, 2.45) is 5.41 Å². The number of carbonyl (C=O) groups excluding carboxylic acids is 1. The molecule has 220 valence electrons. The minimum absolute atomic E-state index is 0.0633. The number of carbonyl (C=O) groups is 1. The SMILES string of the molecule is Cc1ccc(N(C(=O)c2ccco2)C2CCN(CCC3(CCNCc4ccc(O)cc4O)CCCCC3)CC2)cc1. The van der Waals surface area contributed by atoms with Crippen LogP contribution in [0.25, 0.3) is 0 Å². The summed E-state index contributed by atoms with van der Waals surface area (Å²) in [5, 5.41) is 23.2. The summed E-state index contributed by atoms with van der Waals surface area (Å²) in [6, 6.07) is 16.7. The van der Waals surface area contributed by atoms with Crippen LogP contribution >= 0.6 is 0 Å². The summed E-state index contributed by atoms with van der Waals surface area (Å²) in [5.41, 5.74) is 3.29. The van der Waals surface area contributed by atoms with E-state index in [9.17, 15) is 15.0 Å². The zero-order chi connectivity index (χ0) is 28.7. The van der Waals surface area contributed by atoms with Crippen LogP contribution in [0.4, 0.5) is 5.69 Å². The van der Waals surface area contributed by atoms with Crippen molar-refractivity contribution in [1.29, 1.82) is 0 Å². The van der Waals surface area contributed by atoms with E-state index in [1.54, 1.807) is 30.5 Å². The molecule has 0 radical (unpaired) electrons. The highest BCUT2D eigenvalue weighted by Crippen LogP contribution is 2.42. The van der Waals surface area contributed by atoms with Crippen LogP contribution in [0, 0.1) is 12.3 Å². The van der Waals surface area contributed by atoms with Crippen LogP contribution in [0.3, 0.4) is 0 Å². The van der Waals surface area contributed by atoms with Gasteiger partial charge in [0.05, 0.1) is 6.26 Å². The molecule has 1 aliphatic heterocycles. The monoisotopic (exact) mass is 559 g/mol. The van der Waals surface area contributed by atoms with Gasteiger partial charge in [0.25, 0.3) is 5.91 Å². The van der Waals surface area contributed by atoms with Gasteiger partial charge in [-0.3, -0.25) is 4.79 Å². The predicted octanol–water partition coefficient (Wildman–Crippen LogP) is 6.63. The third-order valence-electron chi connectivity index (χ3n) is 9.27. The van der Waals surface area contributed by atoms with Gasteiger partial charge in [-0.1, -0.05) is 43.0 Å². The van der Waals surface area contributed by atoms with Crippen molar-refractivity contribution in [2.75, 3.05) is 31.1 Å². The van der Waals surface area contributed by atoms with Gasteiger partial charge in [0, 0.05) is 43.0 Å². The topological polar surface area (TPSA) is 89.2 Å². The molecule has 1 aromatic heterocycles. The highest BCUT2D eigenvalue weighted by molar-refractivity contribution is 6.04. The third-order valence-corrected chi connectivity index (χ3v) is 9.27. The first kappa shape index (κ1) is 29.2. The molecule has 1 amide bonds. The first-order valence-corrected chi connectivity index (χ1v) is 15.3. The van der Waals surface area contributed by atoms with E-state index in [1.165, 1.54) is 50.2 Å². The number of anilines is 1. The number of aryl methyl sites for hydroxylation is 1. The lowest BCUT2D eigenvalue weighted by Crippen LogP contribution is -2.48. The lowest BCUT2D eigenvalue weighted by molar-refractivity contribution is 0.0918. The normalized spacial score (nSPS) is 17.9. The number of nitrogens with one attached hydrogen (secondary N) is 1. The number of aromatic hydroxyl groups is 2. The first-order chi connectivity index (χ1) is 19.9. The second kappa shape index (κ2) is 13.6. The number of phenolic OH excluding ortho intramolecular Hbond substituents is 2. The quantitative estimate of drug-likeness (QED) is 0.229. The molecule has 1 saturated heterocycles. The molecule has 0 spiro atoms. The van der Waals surface area contributed by atoms with Crippen LogP contribution in [0.2, 0.25) is 0 Å². The van der Waals surface area contributed by atoms with Gasteiger partial charge >= 0.3 is 0 Å². The molecule has 1 aliphatic carbocycles. The number of benzene rings is 2. The van der Waals surface area contributed by atoms with Crippen molar-refractivity contribution in [3.8, 4) is 11.5 Å². The minimum atomic E-state index is -0.0633. The maximum Gasteiger partial charge on any atom is 0.294 e. The number of hydrogen-bond acceptors (Lipinski definition) is 6.